The highest BCUT2D eigenvalue weighted by Gasteiger charge is 2.38. The highest BCUT2D eigenvalue weighted by molar-refractivity contribution is 5.30. The number of rotatable bonds is 7. The van der Waals surface area contributed by atoms with Crippen LogP contribution in [-0.4, -0.2) is 38.4 Å². The van der Waals surface area contributed by atoms with Crippen molar-refractivity contribution < 1.29 is 9.47 Å². The average molecular weight is 276 g/mol. The molecule has 0 spiro atoms. The maximum Gasteiger partial charge on any atom is 0.137 e. The van der Waals surface area contributed by atoms with E-state index < -0.39 is 0 Å². The van der Waals surface area contributed by atoms with E-state index in [9.17, 15) is 0 Å². The molecular weight excluding hydrogens is 252 g/mol. The van der Waals surface area contributed by atoms with Crippen LogP contribution >= 0.6 is 0 Å². The summed E-state index contributed by atoms with van der Waals surface area (Å²) in [6.45, 7) is 3.86. The summed E-state index contributed by atoms with van der Waals surface area (Å²) in [7, 11) is 1.77. The number of ether oxygens (including phenoxy) is 2. The molecule has 1 saturated carbocycles. The van der Waals surface area contributed by atoms with E-state index in [0.29, 0.717) is 11.8 Å². The Morgan fingerprint density at radius 3 is 3.15 bits per heavy atom. The van der Waals surface area contributed by atoms with Gasteiger partial charge in [0.05, 0.1) is 12.8 Å². The minimum Gasteiger partial charge on any atom is -0.492 e. The highest BCUT2D eigenvalue weighted by atomic mass is 16.5. The Morgan fingerprint density at radius 2 is 2.35 bits per heavy atom. The minimum atomic E-state index is 0.647. The number of hydrogen-bond acceptors (Lipinski definition) is 4. The number of nitrogens with one attached hydrogen (secondary N) is 1. The number of nitrogens with zero attached hydrogens (tertiary/aromatic N) is 1. The molecule has 0 amide bonds. The second kappa shape index (κ2) is 6.55. The zero-order chi connectivity index (χ0) is 13.8. The van der Waals surface area contributed by atoms with Gasteiger partial charge >= 0.3 is 0 Å². The van der Waals surface area contributed by atoms with Crippen LogP contribution in [0.15, 0.2) is 18.5 Å². The standard InChI is InChI=1S/C16H24N2O2/c1-19-5-3-13-7-16(13)14-6-15(10-18-9-14)20-11-12-2-4-17-8-12/h6,9-10,12-13,16-17H,2-5,7-8,11H2,1H3/t12-,13-,16+/m1/s1. The van der Waals surface area contributed by atoms with Gasteiger partial charge in [-0.25, -0.2) is 0 Å². The van der Waals surface area contributed by atoms with E-state index in [4.69, 9.17) is 9.47 Å². The summed E-state index contributed by atoms with van der Waals surface area (Å²) in [6.07, 6.45) is 7.45. The molecule has 1 aromatic heterocycles. The summed E-state index contributed by atoms with van der Waals surface area (Å²) in [5.41, 5.74) is 1.33. The summed E-state index contributed by atoms with van der Waals surface area (Å²) in [5, 5.41) is 3.37. The van der Waals surface area contributed by atoms with Gasteiger partial charge in [0.2, 0.25) is 0 Å². The molecule has 4 nitrogen and oxygen atoms in total. The molecule has 1 aromatic rings. The van der Waals surface area contributed by atoms with Crippen molar-refractivity contribution in [3.63, 3.8) is 0 Å². The third-order valence-corrected chi connectivity index (χ3v) is 4.43. The molecule has 0 radical (unpaired) electrons. The predicted octanol–water partition coefficient (Wildman–Crippen LogP) is 2.21. The first kappa shape index (κ1) is 13.8. The van der Waals surface area contributed by atoms with Gasteiger partial charge in [0.25, 0.3) is 0 Å². The lowest BCUT2D eigenvalue weighted by Gasteiger charge is -2.11. The van der Waals surface area contributed by atoms with Gasteiger partial charge in [0.1, 0.15) is 5.75 Å². The van der Waals surface area contributed by atoms with Crippen molar-refractivity contribution in [2.45, 2.75) is 25.2 Å². The predicted molar refractivity (Wildman–Crippen MR) is 78.0 cm³/mol. The normalized spacial score (nSPS) is 28.6. The summed E-state index contributed by atoms with van der Waals surface area (Å²) in [4.78, 5) is 4.33. The second-order valence-corrected chi connectivity index (χ2v) is 6.01. The van der Waals surface area contributed by atoms with Gasteiger partial charge in [-0.1, -0.05) is 0 Å². The Kier molecular flexibility index (Phi) is 4.53. The summed E-state index contributed by atoms with van der Waals surface area (Å²) < 4.78 is 11.0. The van der Waals surface area contributed by atoms with Gasteiger partial charge < -0.3 is 14.8 Å². The van der Waals surface area contributed by atoms with Crippen molar-refractivity contribution in [2.24, 2.45) is 11.8 Å². The van der Waals surface area contributed by atoms with Crippen LogP contribution in [0.3, 0.4) is 0 Å². The zero-order valence-corrected chi connectivity index (χ0v) is 12.2. The van der Waals surface area contributed by atoms with E-state index in [-0.39, 0.29) is 0 Å². The van der Waals surface area contributed by atoms with Crippen molar-refractivity contribution >= 4 is 0 Å². The molecule has 1 saturated heterocycles. The van der Waals surface area contributed by atoms with Crippen LogP contribution in [0.5, 0.6) is 5.75 Å². The quantitative estimate of drug-likeness (QED) is 0.829. The molecule has 2 fully saturated rings. The van der Waals surface area contributed by atoms with Gasteiger partial charge in [0.15, 0.2) is 0 Å². The Labute approximate surface area is 120 Å². The fourth-order valence-electron chi connectivity index (χ4n) is 3.03. The molecule has 0 bridgehead atoms. The van der Waals surface area contributed by atoms with Gasteiger partial charge in [-0.05, 0) is 49.3 Å². The van der Waals surface area contributed by atoms with Crippen molar-refractivity contribution in [2.75, 3.05) is 33.4 Å². The van der Waals surface area contributed by atoms with Crippen molar-refractivity contribution in [3.8, 4) is 5.75 Å². The highest BCUT2D eigenvalue weighted by Crippen LogP contribution is 2.49. The molecular formula is C16H24N2O2. The third-order valence-electron chi connectivity index (χ3n) is 4.43. The van der Waals surface area contributed by atoms with Gasteiger partial charge in [-0.15, -0.1) is 0 Å². The lowest BCUT2D eigenvalue weighted by molar-refractivity contribution is 0.189. The maximum atomic E-state index is 5.90. The third kappa shape index (κ3) is 3.49. The first-order chi connectivity index (χ1) is 9.86. The fourth-order valence-corrected chi connectivity index (χ4v) is 3.03. The summed E-state index contributed by atoms with van der Waals surface area (Å²) in [5.74, 6) is 3.00. The van der Waals surface area contributed by atoms with Crippen LogP contribution in [-0.2, 0) is 4.74 Å². The molecule has 0 unspecified atom stereocenters. The van der Waals surface area contributed by atoms with E-state index in [0.717, 1.165) is 44.4 Å². The number of hydrogen-bond donors (Lipinski definition) is 1. The first-order valence-corrected chi connectivity index (χ1v) is 7.64. The number of aromatic nitrogens is 1. The van der Waals surface area contributed by atoms with Crippen LogP contribution in [0, 0.1) is 11.8 Å². The minimum absolute atomic E-state index is 0.647. The van der Waals surface area contributed by atoms with Crippen LogP contribution in [0.4, 0.5) is 0 Å². The molecule has 20 heavy (non-hydrogen) atoms. The van der Waals surface area contributed by atoms with E-state index in [1.54, 1.807) is 7.11 Å². The zero-order valence-electron chi connectivity index (χ0n) is 12.2. The Hall–Kier alpha value is -1.13. The number of pyridine rings is 1. The molecule has 1 N–H and O–H groups in total. The van der Waals surface area contributed by atoms with Crippen molar-refractivity contribution in [3.05, 3.63) is 24.0 Å². The summed E-state index contributed by atoms with van der Waals surface area (Å²) in [6, 6.07) is 2.17. The van der Waals surface area contributed by atoms with E-state index in [2.05, 4.69) is 16.4 Å². The molecule has 0 aromatic carbocycles. The lowest BCUT2D eigenvalue weighted by atomic mass is 10.1. The molecule has 2 heterocycles. The fraction of sp³-hybridized carbons (Fsp3) is 0.688. The van der Waals surface area contributed by atoms with E-state index in [1.165, 1.54) is 18.4 Å². The molecule has 3 atom stereocenters. The smallest absolute Gasteiger partial charge is 0.137 e. The lowest BCUT2D eigenvalue weighted by Crippen LogP contribution is -2.15. The molecule has 4 heteroatoms. The maximum absolute atomic E-state index is 5.90. The Bertz CT molecular complexity index is 432. The van der Waals surface area contributed by atoms with Gasteiger partial charge in [0, 0.05) is 32.4 Å². The molecule has 2 aliphatic rings. The molecule has 1 aliphatic carbocycles. The van der Waals surface area contributed by atoms with Crippen LogP contribution in [0.2, 0.25) is 0 Å². The second-order valence-electron chi connectivity index (χ2n) is 6.01. The van der Waals surface area contributed by atoms with Crippen LogP contribution in [0.1, 0.15) is 30.7 Å². The van der Waals surface area contributed by atoms with E-state index in [1.807, 2.05) is 12.4 Å². The monoisotopic (exact) mass is 276 g/mol. The van der Waals surface area contributed by atoms with E-state index >= 15 is 0 Å². The largest absolute Gasteiger partial charge is 0.492 e. The van der Waals surface area contributed by atoms with Crippen molar-refractivity contribution in [1.82, 2.24) is 10.3 Å². The molecule has 110 valence electrons. The molecule has 3 rings (SSSR count). The number of methoxy groups -OCH3 is 1. The average Bonchev–Trinajstić information content (AvgIpc) is 3.07. The first-order valence-electron chi connectivity index (χ1n) is 7.64. The van der Waals surface area contributed by atoms with Crippen LogP contribution in [0.25, 0.3) is 0 Å². The van der Waals surface area contributed by atoms with Gasteiger partial charge in [-0.2, -0.15) is 0 Å². The van der Waals surface area contributed by atoms with Crippen LogP contribution < -0.4 is 10.1 Å². The Morgan fingerprint density at radius 1 is 1.40 bits per heavy atom. The Balaban J connectivity index is 1.51. The SMILES string of the molecule is COCC[C@@H]1C[C@@H]1c1cncc(OC[C@@H]2CCNC2)c1. The van der Waals surface area contributed by atoms with Gasteiger partial charge in [-0.3, -0.25) is 4.98 Å². The molecule has 1 aliphatic heterocycles. The summed E-state index contributed by atoms with van der Waals surface area (Å²) >= 11 is 0. The topological polar surface area (TPSA) is 43.4 Å². The van der Waals surface area contributed by atoms with Crippen molar-refractivity contribution in [1.29, 1.82) is 0 Å².